The van der Waals surface area contributed by atoms with Gasteiger partial charge in [0.1, 0.15) is 17.2 Å². The molecular weight excluding hydrogens is 562 g/mol. The number of amidine groups is 1. The van der Waals surface area contributed by atoms with Crippen molar-refractivity contribution in [2.75, 3.05) is 18.8 Å². The average Bonchev–Trinajstić information content (AvgIpc) is 3.51. The minimum Gasteiger partial charge on any atom is -0.460 e. The van der Waals surface area contributed by atoms with Gasteiger partial charge in [-0.15, -0.1) is 0 Å². The smallest absolute Gasteiger partial charge is 0.285 e. The SMILES string of the molecule is CCCS(=O)(=O)c1ccc(-c2ccc([C@@H](CC#N)CCNC3C(=O)[C@@]34CCCCN4C(=N)OC(C)(C)C)cc2)cc1C#N. The van der Waals surface area contributed by atoms with E-state index in [1.165, 1.54) is 6.07 Å². The maximum absolute atomic E-state index is 13.1. The first-order chi connectivity index (χ1) is 20.4. The molecule has 1 spiro atoms. The Labute approximate surface area is 255 Å². The highest BCUT2D eigenvalue weighted by atomic mass is 32.2. The number of nitriles is 2. The second-order valence-corrected chi connectivity index (χ2v) is 14.5. The number of ether oxygens (including phenoxy) is 1. The summed E-state index contributed by atoms with van der Waals surface area (Å²) in [6.07, 6.45) is 4.00. The maximum Gasteiger partial charge on any atom is 0.285 e. The summed E-state index contributed by atoms with van der Waals surface area (Å²) in [5.74, 6) is 0.0485. The minimum atomic E-state index is -3.51. The molecule has 2 aromatic carbocycles. The standard InChI is InChI=1S/C33H41N5O4S/c1-5-20-43(40,41)28-13-12-26(21-27(28)22-35)24-10-8-23(9-11-24)25(14-17-34)15-18-37-29-30(39)33(29)16-6-7-19-38(33)31(36)42-32(2,3)4/h8-13,21,25,29,36-37H,5-7,14-16,18-20H2,1-4H3/t25-,29?,33+/m0/s1. The van der Waals surface area contributed by atoms with Gasteiger partial charge in [0.25, 0.3) is 6.02 Å². The van der Waals surface area contributed by atoms with Crippen molar-refractivity contribution in [3.63, 3.8) is 0 Å². The van der Waals surface area contributed by atoms with Crippen molar-refractivity contribution >= 4 is 21.6 Å². The molecule has 1 saturated carbocycles. The summed E-state index contributed by atoms with van der Waals surface area (Å²) in [4.78, 5) is 15.0. The number of ketones is 1. The van der Waals surface area contributed by atoms with Crippen molar-refractivity contribution in [3.8, 4) is 23.3 Å². The maximum atomic E-state index is 13.1. The van der Waals surface area contributed by atoms with Crippen LogP contribution >= 0.6 is 0 Å². The highest BCUT2D eigenvalue weighted by Gasteiger charge is 2.69. The van der Waals surface area contributed by atoms with Crippen LogP contribution < -0.4 is 5.32 Å². The minimum absolute atomic E-state index is 0.00562. The third-order valence-electron chi connectivity index (χ3n) is 8.20. The van der Waals surface area contributed by atoms with Crippen LogP contribution in [-0.2, 0) is 19.4 Å². The molecule has 0 amide bonds. The number of nitrogens with zero attached hydrogens (tertiary/aromatic N) is 3. The number of rotatable bonds is 10. The first-order valence-electron chi connectivity index (χ1n) is 14.9. The topological polar surface area (TPSA) is 147 Å². The van der Waals surface area contributed by atoms with Gasteiger partial charge >= 0.3 is 0 Å². The Morgan fingerprint density at radius 1 is 1.16 bits per heavy atom. The van der Waals surface area contributed by atoms with Crippen LogP contribution in [0.4, 0.5) is 0 Å². The molecule has 0 bridgehead atoms. The van der Waals surface area contributed by atoms with E-state index in [1.807, 2.05) is 56.0 Å². The largest absolute Gasteiger partial charge is 0.460 e. The number of benzene rings is 2. The predicted molar refractivity (Wildman–Crippen MR) is 165 cm³/mol. The number of hydrogen-bond acceptors (Lipinski definition) is 8. The lowest BCUT2D eigenvalue weighted by Crippen LogP contribution is -2.52. The number of likely N-dealkylation sites (tertiary alicyclic amines) is 1. The highest BCUT2D eigenvalue weighted by molar-refractivity contribution is 7.91. The van der Waals surface area contributed by atoms with Gasteiger partial charge < -0.3 is 15.0 Å². The molecule has 1 aliphatic heterocycles. The molecule has 2 fully saturated rings. The van der Waals surface area contributed by atoms with Gasteiger partial charge in [0.15, 0.2) is 15.6 Å². The van der Waals surface area contributed by atoms with Crippen molar-refractivity contribution in [3.05, 3.63) is 53.6 Å². The molecule has 0 radical (unpaired) electrons. The highest BCUT2D eigenvalue weighted by Crippen LogP contribution is 2.45. The summed E-state index contributed by atoms with van der Waals surface area (Å²) in [5.41, 5.74) is 1.47. The zero-order chi connectivity index (χ0) is 31.4. The normalized spacial score (nSPS) is 20.7. The Morgan fingerprint density at radius 3 is 2.49 bits per heavy atom. The first-order valence-corrected chi connectivity index (χ1v) is 16.6. The number of sulfone groups is 1. The fourth-order valence-corrected chi connectivity index (χ4v) is 7.55. The van der Waals surface area contributed by atoms with Gasteiger partial charge in [0.05, 0.1) is 28.3 Å². The van der Waals surface area contributed by atoms with Crippen molar-refractivity contribution in [1.82, 2.24) is 10.2 Å². The third-order valence-corrected chi connectivity index (χ3v) is 10.2. The summed E-state index contributed by atoms with van der Waals surface area (Å²) in [6, 6.07) is 16.6. The Morgan fingerprint density at radius 2 is 1.86 bits per heavy atom. The van der Waals surface area contributed by atoms with E-state index in [2.05, 4.69) is 11.4 Å². The molecule has 43 heavy (non-hydrogen) atoms. The lowest BCUT2D eigenvalue weighted by molar-refractivity contribution is -0.114. The fourth-order valence-electron chi connectivity index (χ4n) is 6.07. The Hall–Kier alpha value is -3.73. The molecule has 1 unspecified atom stereocenters. The fraction of sp³-hybridized carbons (Fsp3) is 0.515. The molecule has 2 N–H and O–H groups in total. The molecule has 0 aromatic heterocycles. The third kappa shape index (κ3) is 6.92. The van der Waals surface area contributed by atoms with Crippen LogP contribution in [0.3, 0.4) is 0 Å². The molecule has 1 saturated heterocycles. The molecule has 10 heteroatoms. The van der Waals surface area contributed by atoms with E-state index in [0.29, 0.717) is 38.8 Å². The van der Waals surface area contributed by atoms with Crippen LogP contribution in [0, 0.1) is 28.1 Å². The summed E-state index contributed by atoms with van der Waals surface area (Å²) >= 11 is 0. The molecular formula is C33H41N5O4S. The van der Waals surface area contributed by atoms with Crippen LogP contribution in [0.2, 0.25) is 0 Å². The lowest BCUT2D eigenvalue weighted by atomic mass is 9.91. The molecule has 1 aliphatic carbocycles. The first kappa shape index (κ1) is 32.2. The summed E-state index contributed by atoms with van der Waals surface area (Å²) in [6.45, 7) is 8.64. The summed E-state index contributed by atoms with van der Waals surface area (Å²) in [5, 5.41) is 31.1. The molecule has 1 heterocycles. The van der Waals surface area contributed by atoms with E-state index < -0.39 is 21.0 Å². The van der Waals surface area contributed by atoms with E-state index >= 15 is 0 Å². The molecule has 3 atom stereocenters. The van der Waals surface area contributed by atoms with Crippen molar-refractivity contribution in [2.45, 2.75) is 94.2 Å². The second-order valence-electron chi connectivity index (χ2n) is 12.4. The van der Waals surface area contributed by atoms with Crippen molar-refractivity contribution < 1.29 is 17.9 Å². The van der Waals surface area contributed by atoms with Gasteiger partial charge in [-0.2, -0.15) is 10.5 Å². The van der Waals surface area contributed by atoms with E-state index in [1.54, 1.807) is 19.1 Å². The lowest BCUT2D eigenvalue weighted by Gasteiger charge is -2.38. The van der Waals surface area contributed by atoms with Crippen LogP contribution in [0.25, 0.3) is 11.1 Å². The molecule has 2 aromatic rings. The van der Waals surface area contributed by atoms with Gasteiger partial charge in [0.2, 0.25) is 0 Å². The van der Waals surface area contributed by atoms with Crippen LogP contribution in [0.5, 0.6) is 0 Å². The van der Waals surface area contributed by atoms with E-state index in [0.717, 1.165) is 29.5 Å². The average molecular weight is 604 g/mol. The number of nitrogens with one attached hydrogen (secondary N) is 2. The Kier molecular flexibility index (Phi) is 9.63. The van der Waals surface area contributed by atoms with Gasteiger partial charge in [-0.05, 0) is 94.2 Å². The van der Waals surface area contributed by atoms with Crippen LogP contribution in [-0.4, -0.2) is 61.1 Å². The zero-order valence-electron chi connectivity index (χ0n) is 25.4. The Balaban J connectivity index is 1.43. The molecule has 228 valence electrons. The van der Waals surface area contributed by atoms with Crippen molar-refractivity contribution in [2.24, 2.45) is 0 Å². The van der Waals surface area contributed by atoms with E-state index in [4.69, 9.17) is 10.1 Å². The molecule has 4 rings (SSSR count). The van der Waals surface area contributed by atoms with Gasteiger partial charge in [0, 0.05) is 13.0 Å². The zero-order valence-corrected chi connectivity index (χ0v) is 26.3. The van der Waals surface area contributed by atoms with Gasteiger partial charge in [-0.3, -0.25) is 10.2 Å². The second kappa shape index (κ2) is 12.9. The number of hydrogen-bond donors (Lipinski definition) is 2. The molecule has 9 nitrogen and oxygen atoms in total. The number of Topliss-reactive ketones (excluding diaryl/α,β-unsaturated/α-hetero) is 1. The summed E-state index contributed by atoms with van der Waals surface area (Å²) < 4.78 is 30.9. The van der Waals surface area contributed by atoms with Crippen LogP contribution in [0.1, 0.15) is 83.3 Å². The van der Waals surface area contributed by atoms with E-state index in [-0.39, 0.29) is 40.0 Å². The van der Waals surface area contributed by atoms with Crippen LogP contribution in [0.15, 0.2) is 47.4 Å². The number of carbonyl (C=O) groups is 1. The Bertz CT molecular complexity index is 1550. The summed E-state index contributed by atoms with van der Waals surface area (Å²) in [7, 11) is -3.51. The van der Waals surface area contributed by atoms with Gasteiger partial charge in [-0.1, -0.05) is 37.3 Å². The number of carbonyl (C=O) groups excluding carboxylic acids is 1. The molecule has 2 aliphatic rings. The number of piperidine rings is 1. The quantitative estimate of drug-likeness (QED) is 0.274. The van der Waals surface area contributed by atoms with Crippen molar-refractivity contribution in [1.29, 1.82) is 15.9 Å². The predicted octanol–water partition coefficient (Wildman–Crippen LogP) is 5.31. The van der Waals surface area contributed by atoms with E-state index in [9.17, 15) is 23.7 Å². The van der Waals surface area contributed by atoms with Gasteiger partial charge in [-0.25, -0.2) is 8.42 Å². The monoisotopic (exact) mass is 603 g/mol.